The number of hydrogen-bond donors (Lipinski definition) is 1. The van der Waals surface area contributed by atoms with Crippen molar-refractivity contribution < 1.29 is 4.74 Å². The van der Waals surface area contributed by atoms with Crippen molar-refractivity contribution >= 4 is 0 Å². The maximum Gasteiger partial charge on any atom is 0.138 e. The van der Waals surface area contributed by atoms with Crippen LogP contribution in [0.4, 0.5) is 0 Å². The normalized spacial score (nSPS) is 11.9. The van der Waals surface area contributed by atoms with Crippen molar-refractivity contribution in [2.24, 2.45) is 0 Å². The lowest BCUT2D eigenvalue weighted by atomic mass is 10.1. The molecule has 1 N–H and O–H groups in total. The summed E-state index contributed by atoms with van der Waals surface area (Å²) < 4.78 is 7.57. The van der Waals surface area contributed by atoms with E-state index in [1.54, 1.807) is 23.4 Å². The van der Waals surface area contributed by atoms with Gasteiger partial charge in [-0.3, -0.25) is 4.98 Å². The van der Waals surface area contributed by atoms with Gasteiger partial charge in [0.2, 0.25) is 0 Å². The molecule has 2 aromatic heterocycles. The van der Waals surface area contributed by atoms with Gasteiger partial charge < -0.3 is 10.1 Å². The van der Waals surface area contributed by atoms with Gasteiger partial charge in [-0.2, -0.15) is 5.10 Å². The van der Waals surface area contributed by atoms with Crippen LogP contribution >= 0.6 is 0 Å². The number of pyridine rings is 1. The summed E-state index contributed by atoms with van der Waals surface area (Å²) in [4.78, 5) is 8.00. The summed E-state index contributed by atoms with van der Waals surface area (Å²) in [5.74, 6) is 0.863. The summed E-state index contributed by atoms with van der Waals surface area (Å²) in [6.45, 7) is 3.50. The van der Waals surface area contributed by atoms with Gasteiger partial charge in [0, 0.05) is 25.0 Å². The standard InChI is InChI=1S/C23H23N5O/c1-18(21-4-6-22(7-5-21)28-17-25-16-27-28)26-14-19-2-8-23(9-3-19)29-15-20-10-12-24-13-11-20/h2-13,16-18,26H,14-15H2,1H3/t18-/m0/s1. The predicted octanol–water partition coefficient (Wildman–Crippen LogP) is 4.09. The van der Waals surface area contributed by atoms with Gasteiger partial charge in [-0.05, 0) is 60.0 Å². The third-order valence-corrected chi connectivity index (χ3v) is 4.77. The molecule has 146 valence electrons. The van der Waals surface area contributed by atoms with Crippen LogP contribution in [-0.2, 0) is 13.2 Å². The van der Waals surface area contributed by atoms with Gasteiger partial charge in [0.25, 0.3) is 0 Å². The minimum absolute atomic E-state index is 0.238. The molecule has 4 rings (SSSR count). The van der Waals surface area contributed by atoms with E-state index in [9.17, 15) is 0 Å². The molecule has 0 bridgehead atoms. The topological polar surface area (TPSA) is 64.9 Å². The van der Waals surface area contributed by atoms with Gasteiger partial charge in [-0.25, -0.2) is 9.67 Å². The van der Waals surface area contributed by atoms with E-state index < -0.39 is 0 Å². The van der Waals surface area contributed by atoms with E-state index in [1.807, 2.05) is 24.3 Å². The lowest BCUT2D eigenvalue weighted by Crippen LogP contribution is -2.18. The summed E-state index contributed by atoms with van der Waals surface area (Å²) in [6.07, 6.45) is 6.78. The molecule has 0 spiro atoms. The predicted molar refractivity (Wildman–Crippen MR) is 112 cm³/mol. The number of ether oxygens (including phenoxy) is 1. The highest BCUT2D eigenvalue weighted by atomic mass is 16.5. The summed E-state index contributed by atoms with van der Waals surface area (Å²) in [5, 5.41) is 7.72. The summed E-state index contributed by atoms with van der Waals surface area (Å²) in [5.41, 5.74) is 4.55. The Balaban J connectivity index is 1.28. The maximum atomic E-state index is 5.82. The van der Waals surface area contributed by atoms with E-state index in [0.717, 1.165) is 23.5 Å². The van der Waals surface area contributed by atoms with E-state index in [2.05, 4.69) is 63.7 Å². The zero-order valence-electron chi connectivity index (χ0n) is 16.3. The summed E-state index contributed by atoms with van der Waals surface area (Å²) in [7, 11) is 0. The lowest BCUT2D eigenvalue weighted by molar-refractivity contribution is 0.306. The molecule has 0 aliphatic heterocycles. The lowest BCUT2D eigenvalue weighted by Gasteiger charge is -2.15. The molecular formula is C23H23N5O. The molecule has 2 aromatic carbocycles. The molecule has 0 fully saturated rings. The number of aromatic nitrogens is 4. The van der Waals surface area contributed by atoms with Crippen molar-refractivity contribution in [2.45, 2.75) is 26.1 Å². The van der Waals surface area contributed by atoms with Gasteiger partial charge >= 0.3 is 0 Å². The smallest absolute Gasteiger partial charge is 0.138 e. The van der Waals surface area contributed by atoms with Crippen molar-refractivity contribution in [3.63, 3.8) is 0 Å². The second-order valence-corrected chi connectivity index (χ2v) is 6.82. The minimum atomic E-state index is 0.238. The fourth-order valence-electron chi connectivity index (χ4n) is 3.00. The fourth-order valence-corrected chi connectivity index (χ4v) is 3.00. The van der Waals surface area contributed by atoms with Crippen LogP contribution in [0.2, 0.25) is 0 Å². The van der Waals surface area contributed by atoms with Gasteiger partial charge in [-0.15, -0.1) is 0 Å². The first-order valence-corrected chi connectivity index (χ1v) is 9.57. The Bertz CT molecular complexity index is 1000. The van der Waals surface area contributed by atoms with Crippen LogP contribution in [0.3, 0.4) is 0 Å². The molecule has 0 saturated carbocycles. The van der Waals surface area contributed by atoms with Crippen LogP contribution in [0.1, 0.15) is 29.7 Å². The van der Waals surface area contributed by atoms with Gasteiger partial charge in [0.05, 0.1) is 5.69 Å². The molecule has 0 unspecified atom stereocenters. The minimum Gasteiger partial charge on any atom is -0.489 e. The Morgan fingerprint density at radius 3 is 2.34 bits per heavy atom. The van der Waals surface area contributed by atoms with E-state index in [-0.39, 0.29) is 6.04 Å². The first-order chi connectivity index (χ1) is 14.3. The Labute approximate surface area is 170 Å². The Morgan fingerprint density at radius 2 is 1.66 bits per heavy atom. The molecule has 4 aromatic rings. The van der Waals surface area contributed by atoms with Gasteiger partial charge in [-0.1, -0.05) is 24.3 Å². The first-order valence-electron chi connectivity index (χ1n) is 9.57. The van der Waals surface area contributed by atoms with Crippen LogP contribution in [0, 0.1) is 0 Å². The molecule has 29 heavy (non-hydrogen) atoms. The highest BCUT2D eigenvalue weighted by molar-refractivity contribution is 5.34. The van der Waals surface area contributed by atoms with Gasteiger partial charge in [0.15, 0.2) is 0 Å². The van der Waals surface area contributed by atoms with E-state index >= 15 is 0 Å². The molecule has 6 nitrogen and oxygen atoms in total. The number of nitrogens with zero attached hydrogens (tertiary/aromatic N) is 4. The number of nitrogens with one attached hydrogen (secondary N) is 1. The number of hydrogen-bond acceptors (Lipinski definition) is 5. The molecule has 2 heterocycles. The highest BCUT2D eigenvalue weighted by Gasteiger charge is 2.06. The van der Waals surface area contributed by atoms with E-state index in [4.69, 9.17) is 4.74 Å². The molecule has 0 saturated heterocycles. The SMILES string of the molecule is C[C@H](NCc1ccc(OCc2ccncc2)cc1)c1ccc(-n2cncn2)cc1. The molecule has 6 heteroatoms. The third kappa shape index (κ3) is 5.06. The average Bonchev–Trinajstić information content (AvgIpc) is 3.33. The van der Waals surface area contributed by atoms with Crippen molar-refractivity contribution in [1.82, 2.24) is 25.1 Å². The van der Waals surface area contributed by atoms with Crippen molar-refractivity contribution in [2.75, 3.05) is 0 Å². The van der Waals surface area contributed by atoms with Crippen LogP contribution in [0.5, 0.6) is 5.75 Å². The molecule has 0 amide bonds. The Kier molecular flexibility index (Phi) is 5.92. The van der Waals surface area contributed by atoms with E-state index in [0.29, 0.717) is 6.61 Å². The highest BCUT2D eigenvalue weighted by Crippen LogP contribution is 2.17. The third-order valence-electron chi connectivity index (χ3n) is 4.77. The molecular weight excluding hydrogens is 362 g/mol. The second-order valence-electron chi connectivity index (χ2n) is 6.82. The zero-order valence-corrected chi connectivity index (χ0v) is 16.3. The monoisotopic (exact) mass is 385 g/mol. The summed E-state index contributed by atoms with van der Waals surface area (Å²) >= 11 is 0. The molecule has 0 radical (unpaired) electrons. The van der Waals surface area contributed by atoms with Gasteiger partial charge in [0.1, 0.15) is 25.0 Å². The van der Waals surface area contributed by atoms with Crippen LogP contribution < -0.4 is 10.1 Å². The van der Waals surface area contributed by atoms with Crippen molar-refractivity contribution in [1.29, 1.82) is 0 Å². The molecule has 0 aliphatic carbocycles. The van der Waals surface area contributed by atoms with Crippen LogP contribution in [0.25, 0.3) is 5.69 Å². The molecule has 1 atom stereocenters. The van der Waals surface area contributed by atoms with E-state index in [1.165, 1.54) is 17.5 Å². The largest absolute Gasteiger partial charge is 0.489 e. The first kappa shape index (κ1) is 18.8. The maximum absolute atomic E-state index is 5.82. The Hall–Kier alpha value is -3.51. The number of benzene rings is 2. The van der Waals surface area contributed by atoms with Crippen molar-refractivity contribution in [3.05, 3.63) is 102 Å². The van der Waals surface area contributed by atoms with Crippen LogP contribution in [-0.4, -0.2) is 19.7 Å². The fraction of sp³-hybridized carbons (Fsp3) is 0.174. The van der Waals surface area contributed by atoms with Crippen molar-refractivity contribution in [3.8, 4) is 11.4 Å². The average molecular weight is 385 g/mol. The van der Waals surface area contributed by atoms with Crippen LogP contribution in [0.15, 0.2) is 85.7 Å². The quantitative estimate of drug-likeness (QED) is 0.495. The molecule has 0 aliphatic rings. The second kappa shape index (κ2) is 9.12. The Morgan fingerprint density at radius 1 is 0.897 bits per heavy atom. The zero-order chi connectivity index (χ0) is 19.9. The summed E-state index contributed by atoms with van der Waals surface area (Å²) in [6, 6.07) is 20.7. The number of rotatable bonds is 8.